The molecule has 1 atom stereocenters. The average molecular weight is 531 g/mol. The van der Waals surface area contributed by atoms with Gasteiger partial charge in [-0.05, 0) is 19.3 Å². The summed E-state index contributed by atoms with van der Waals surface area (Å²) in [5.41, 5.74) is 0. The number of rotatable bonds is 29. The van der Waals surface area contributed by atoms with Crippen LogP contribution in [-0.2, 0) is 0 Å². The van der Waals surface area contributed by atoms with Gasteiger partial charge in [-0.1, -0.05) is 174 Å². The first kappa shape index (κ1) is 39.0. The third kappa shape index (κ3) is 40.5. The van der Waals surface area contributed by atoms with Gasteiger partial charge >= 0.3 is 0 Å². The van der Waals surface area contributed by atoms with Gasteiger partial charge < -0.3 is 20.4 Å². The van der Waals surface area contributed by atoms with E-state index >= 15 is 0 Å². The molecule has 0 rings (SSSR count). The Hall–Kier alpha value is -0.160. The van der Waals surface area contributed by atoms with Gasteiger partial charge in [-0.25, -0.2) is 0 Å². The minimum absolute atomic E-state index is 0.0856. The molecule has 37 heavy (non-hydrogen) atoms. The van der Waals surface area contributed by atoms with Crippen LogP contribution in [-0.4, -0.2) is 39.4 Å². The number of hydrogen-bond donors (Lipinski definition) is 4. The summed E-state index contributed by atoms with van der Waals surface area (Å²) >= 11 is 0. The molecule has 0 aromatic rings. The van der Waals surface area contributed by atoms with Crippen molar-refractivity contribution in [1.29, 1.82) is 0 Å². The predicted octanol–water partition coefficient (Wildman–Crippen LogP) is 9.60. The molecule has 0 aliphatic heterocycles. The van der Waals surface area contributed by atoms with E-state index in [0.29, 0.717) is 6.42 Å². The molecule has 0 bridgehead atoms. The fourth-order valence-electron chi connectivity index (χ4n) is 4.83. The molecule has 0 fully saturated rings. The second kappa shape index (κ2) is 35.8. The molecule has 4 N–H and O–H groups in total. The summed E-state index contributed by atoms with van der Waals surface area (Å²) in [6.07, 6.45) is 34.5. The highest BCUT2D eigenvalue weighted by atomic mass is 16.5. The molecule has 0 aromatic carbocycles. The Balaban J connectivity index is 0. The monoisotopic (exact) mass is 531 g/mol. The quantitative estimate of drug-likeness (QED) is 0.0573. The topological polar surface area (TPSA) is 80.9 Å². The Bertz CT molecular complexity index is 375. The number of hydrogen-bond acceptors (Lipinski definition) is 4. The molecule has 4 heteroatoms. The predicted molar refractivity (Wildman–Crippen MR) is 162 cm³/mol. The van der Waals surface area contributed by atoms with Crippen LogP contribution in [0.3, 0.4) is 0 Å². The van der Waals surface area contributed by atoms with Gasteiger partial charge in [0.25, 0.3) is 0 Å². The van der Waals surface area contributed by atoms with Gasteiger partial charge in [-0.2, -0.15) is 0 Å². The molecule has 0 saturated heterocycles. The fourth-order valence-corrected chi connectivity index (χ4v) is 4.83. The molecule has 0 spiro atoms. The number of aliphatic hydroxyl groups is 4. The molecular weight excluding hydrogens is 460 g/mol. The minimum atomic E-state index is -1.10. The van der Waals surface area contributed by atoms with E-state index < -0.39 is 12.4 Å². The summed E-state index contributed by atoms with van der Waals surface area (Å²) in [5, 5.41) is 35.2. The van der Waals surface area contributed by atoms with E-state index in [1.165, 1.54) is 148 Å². The summed E-state index contributed by atoms with van der Waals surface area (Å²) in [7, 11) is 0. The van der Waals surface area contributed by atoms with Gasteiger partial charge in [0.15, 0.2) is 6.29 Å². The van der Waals surface area contributed by atoms with Crippen molar-refractivity contribution >= 4 is 0 Å². The van der Waals surface area contributed by atoms with Gasteiger partial charge in [0.05, 0.1) is 12.7 Å². The maximum atomic E-state index is 9.15. The summed E-state index contributed by atoms with van der Waals surface area (Å²) in [6, 6.07) is 0. The van der Waals surface area contributed by atoms with Crippen LogP contribution in [0, 0.1) is 0 Å². The summed E-state index contributed by atoms with van der Waals surface area (Å²) in [5.74, 6) is 0. The largest absolute Gasteiger partial charge is 0.394 e. The molecule has 0 heterocycles. The van der Waals surface area contributed by atoms with Crippen LogP contribution in [0.15, 0.2) is 0 Å². The Labute approximate surface area is 233 Å². The van der Waals surface area contributed by atoms with Gasteiger partial charge in [0, 0.05) is 0 Å². The van der Waals surface area contributed by atoms with Crippen molar-refractivity contribution in [2.75, 3.05) is 6.61 Å². The Morgan fingerprint density at radius 2 is 0.595 bits per heavy atom. The molecule has 226 valence electrons. The SMILES string of the molecule is CCCCCCCCCCCCCC(O)CO.CCCCCCCCCCCCCCCCCC(O)O. The highest BCUT2D eigenvalue weighted by Crippen LogP contribution is 2.14. The molecule has 1 unspecified atom stereocenters. The average Bonchev–Trinajstić information content (AvgIpc) is 2.89. The first-order chi connectivity index (χ1) is 18.1. The van der Waals surface area contributed by atoms with E-state index in [4.69, 9.17) is 20.4 Å². The van der Waals surface area contributed by atoms with E-state index in [1.807, 2.05) is 0 Å². The van der Waals surface area contributed by atoms with Crippen molar-refractivity contribution < 1.29 is 20.4 Å². The normalized spacial score (nSPS) is 12.1. The van der Waals surface area contributed by atoms with Gasteiger partial charge in [-0.3, -0.25) is 0 Å². The lowest BCUT2D eigenvalue weighted by Gasteiger charge is -2.06. The first-order valence-electron chi connectivity index (χ1n) is 16.7. The lowest BCUT2D eigenvalue weighted by atomic mass is 10.0. The van der Waals surface area contributed by atoms with Gasteiger partial charge in [-0.15, -0.1) is 0 Å². The Kier molecular flexibility index (Phi) is 37.8. The highest BCUT2D eigenvalue weighted by molar-refractivity contribution is 4.54. The van der Waals surface area contributed by atoms with Gasteiger partial charge in [0.2, 0.25) is 0 Å². The van der Waals surface area contributed by atoms with Crippen molar-refractivity contribution in [2.24, 2.45) is 0 Å². The lowest BCUT2D eigenvalue weighted by molar-refractivity contribution is -0.0466. The number of aliphatic hydroxyl groups excluding tert-OH is 3. The third-order valence-corrected chi connectivity index (χ3v) is 7.42. The maximum absolute atomic E-state index is 9.15. The molecule has 4 nitrogen and oxygen atoms in total. The number of unbranched alkanes of at least 4 members (excludes halogenated alkanes) is 24. The molecule has 0 saturated carbocycles. The standard InChI is InChI=1S/C18H38O2.C15H32O2/c1-2-3-4-5-6-7-8-9-10-11-12-13-14-15-16-17-18(19)20;1-2-3-4-5-6-7-8-9-10-11-12-13-15(17)14-16/h18-20H,2-17H2,1H3;15-17H,2-14H2,1H3. The molecule has 0 aliphatic carbocycles. The van der Waals surface area contributed by atoms with Crippen LogP contribution in [0.25, 0.3) is 0 Å². The molecule has 0 aromatic heterocycles. The fraction of sp³-hybridized carbons (Fsp3) is 1.00. The zero-order valence-corrected chi connectivity index (χ0v) is 25.4. The van der Waals surface area contributed by atoms with E-state index in [0.717, 1.165) is 25.7 Å². The first-order valence-corrected chi connectivity index (χ1v) is 16.7. The summed E-state index contributed by atoms with van der Waals surface area (Å²) in [6.45, 7) is 4.45. The van der Waals surface area contributed by atoms with Crippen LogP contribution in [0.4, 0.5) is 0 Å². The van der Waals surface area contributed by atoms with Crippen LogP contribution in [0.2, 0.25) is 0 Å². The van der Waals surface area contributed by atoms with Crippen molar-refractivity contribution in [3.05, 3.63) is 0 Å². The lowest BCUT2D eigenvalue weighted by Crippen LogP contribution is -2.10. The smallest absolute Gasteiger partial charge is 0.151 e. The van der Waals surface area contributed by atoms with Crippen molar-refractivity contribution in [2.45, 2.75) is 206 Å². The van der Waals surface area contributed by atoms with E-state index in [9.17, 15) is 0 Å². The Morgan fingerprint density at radius 1 is 0.351 bits per heavy atom. The molecule has 0 radical (unpaired) electrons. The van der Waals surface area contributed by atoms with Crippen LogP contribution in [0.1, 0.15) is 194 Å². The zero-order chi connectivity index (χ0) is 27.7. The summed E-state index contributed by atoms with van der Waals surface area (Å²) < 4.78 is 0. The summed E-state index contributed by atoms with van der Waals surface area (Å²) in [4.78, 5) is 0. The van der Waals surface area contributed by atoms with Crippen LogP contribution in [0.5, 0.6) is 0 Å². The molecule has 0 amide bonds. The van der Waals surface area contributed by atoms with Gasteiger partial charge in [0.1, 0.15) is 0 Å². The molecule has 0 aliphatic rings. The van der Waals surface area contributed by atoms with Crippen LogP contribution < -0.4 is 0 Å². The second-order valence-corrected chi connectivity index (χ2v) is 11.4. The van der Waals surface area contributed by atoms with E-state index in [1.54, 1.807) is 0 Å². The second-order valence-electron chi connectivity index (χ2n) is 11.4. The Morgan fingerprint density at radius 3 is 0.838 bits per heavy atom. The van der Waals surface area contributed by atoms with Crippen molar-refractivity contribution in [1.82, 2.24) is 0 Å². The van der Waals surface area contributed by atoms with E-state index in [2.05, 4.69) is 13.8 Å². The molecular formula is C33H70O4. The maximum Gasteiger partial charge on any atom is 0.151 e. The highest BCUT2D eigenvalue weighted by Gasteiger charge is 2.00. The zero-order valence-electron chi connectivity index (χ0n) is 25.4. The van der Waals surface area contributed by atoms with E-state index in [-0.39, 0.29) is 6.61 Å². The minimum Gasteiger partial charge on any atom is -0.394 e. The van der Waals surface area contributed by atoms with Crippen LogP contribution >= 0.6 is 0 Å². The third-order valence-electron chi connectivity index (χ3n) is 7.42. The van der Waals surface area contributed by atoms with Crippen molar-refractivity contribution in [3.8, 4) is 0 Å². The van der Waals surface area contributed by atoms with Crippen molar-refractivity contribution in [3.63, 3.8) is 0 Å².